The second kappa shape index (κ2) is 5.45. The van der Waals surface area contributed by atoms with E-state index >= 15 is 0 Å². The summed E-state index contributed by atoms with van der Waals surface area (Å²) in [4.78, 5) is 33.1. The van der Waals surface area contributed by atoms with Crippen molar-refractivity contribution in [1.29, 1.82) is 0 Å². The van der Waals surface area contributed by atoms with Crippen molar-refractivity contribution < 1.29 is 24.2 Å². The molecule has 0 amide bonds. The van der Waals surface area contributed by atoms with E-state index in [2.05, 4.69) is 4.74 Å². The van der Waals surface area contributed by atoms with Gasteiger partial charge in [0.15, 0.2) is 5.78 Å². The number of aliphatic carboxylic acids is 1. The average Bonchev–Trinajstić information content (AvgIpc) is 2.25. The first kappa shape index (κ1) is 13.2. The fourth-order valence-electron chi connectivity index (χ4n) is 1.07. The van der Waals surface area contributed by atoms with E-state index in [1.165, 1.54) is 24.3 Å². The lowest BCUT2D eigenvalue weighted by Gasteiger charge is -2.10. The molecule has 0 aliphatic heterocycles. The maximum Gasteiger partial charge on any atom is 0.352 e. The molecule has 0 fully saturated rings. The van der Waals surface area contributed by atoms with E-state index in [0.717, 1.165) is 6.92 Å². The predicted molar refractivity (Wildman–Crippen MR) is 59.0 cm³/mol. The molecule has 0 heterocycles. The highest BCUT2D eigenvalue weighted by Crippen LogP contribution is 2.11. The largest absolute Gasteiger partial charge is 0.478 e. The second-order valence-corrected chi connectivity index (χ2v) is 3.68. The molecule has 0 saturated heterocycles. The third-order valence-electron chi connectivity index (χ3n) is 1.90. The fourth-order valence-corrected chi connectivity index (χ4v) is 1.19. The number of hydrogen-bond acceptors (Lipinski definition) is 4. The molecule has 0 saturated carbocycles. The topological polar surface area (TPSA) is 80.7 Å². The molecular weight excluding hydrogens is 248 g/mol. The summed E-state index contributed by atoms with van der Waals surface area (Å²) in [5.74, 6) is -3.14. The Hall–Kier alpha value is -1.88. The molecule has 0 bridgehead atoms. The number of Topliss-reactive ketones (excluding diaryl/α,β-unsaturated/α-hetero) is 1. The van der Waals surface area contributed by atoms with Crippen LogP contribution in [0.1, 0.15) is 17.3 Å². The lowest BCUT2D eigenvalue weighted by molar-refractivity contribution is -0.152. The standard InChI is InChI=1S/C11H9ClO5/c1-6(13)9(10(14)15)17-11(16)7-2-4-8(12)5-3-7/h2-5,9H,1H3,(H,14,15). The quantitative estimate of drug-likeness (QED) is 0.653. The normalized spacial score (nSPS) is 11.6. The maximum absolute atomic E-state index is 11.5. The Labute approximate surface area is 102 Å². The van der Waals surface area contributed by atoms with Gasteiger partial charge in [0.25, 0.3) is 6.10 Å². The smallest absolute Gasteiger partial charge is 0.352 e. The SMILES string of the molecule is CC(=O)C(OC(=O)c1ccc(Cl)cc1)C(=O)O. The highest BCUT2D eigenvalue weighted by molar-refractivity contribution is 6.30. The van der Waals surface area contributed by atoms with Crippen molar-refractivity contribution in [3.63, 3.8) is 0 Å². The Bertz CT molecular complexity index is 437. The Morgan fingerprint density at radius 1 is 1.24 bits per heavy atom. The number of esters is 1. The van der Waals surface area contributed by atoms with Crippen molar-refractivity contribution in [2.45, 2.75) is 13.0 Å². The molecular formula is C11H9ClO5. The summed E-state index contributed by atoms with van der Waals surface area (Å²) < 4.78 is 4.57. The van der Waals surface area contributed by atoms with Crippen molar-refractivity contribution in [3.05, 3.63) is 34.9 Å². The number of halogens is 1. The first-order valence-electron chi connectivity index (χ1n) is 4.61. The van der Waals surface area contributed by atoms with Gasteiger partial charge in [-0.15, -0.1) is 0 Å². The van der Waals surface area contributed by atoms with Crippen molar-refractivity contribution in [1.82, 2.24) is 0 Å². The van der Waals surface area contributed by atoms with E-state index in [-0.39, 0.29) is 5.56 Å². The first-order valence-corrected chi connectivity index (χ1v) is 4.99. The van der Waals surface area contributed by atoms with Gasteiger partial charge in [-0.2, -0.15) is 0 Å². The van der Waals surface area contributed by atoms with Crippen LogP contribution in [-0.4, -0.2) is 28.9 Å². The first-order chi connectivity index (χ1) is 7.91. The molecule has 1 N–H and O–H groups in total. The molecule has 6 heteroatoms. The molecule has 0 spiro atoms. The van der Waals surface area contributed by atoms with Crippen molar-refractivity contribution in [2.24, 2.45) is 0 Å². The van der Waals surface area contributed by atoms with Crippen LogP contribution in [0.15, 0.2) is 24.3 Å². The number of benzene rings is 1. The highest BCUT2D eigenvalue weighted by Gasteiger charge is 2.27. The van der Waals surface area contributed by atoms with E-state index in [4.69, 9.17) is 16.7 Å². The van der Waals surface area contributed by atoms with Crippen molar-refractivity contribution in [3.8, 4) is 0 Å². The van der Waals surface area contributed by atoms with E-state index in [1.807, 2.05) is 0 Å². The lowest BCUT2D eigenvalue weighted by atomic mass is 10.2. The van der Waals surface area contributed by atoms with Crippen LogP contribution in [0, 0.1) is 0 Å². The molecule has 17 heavy (non-hydrogen) atoms. The molecule has 90 valence electrons. The number of hydrogen-bond donors (Lipinski definition) is 1. The Morgan fingerprint density at radius 3 is 2.18 bits per heavy atom. The molecule has 1 aromatic rings. The zero-order valence-corrected chi connectivity index (χ0v) is 9.60. The van der Waals surface area contributed by atoms with Crippen LogP contribution < -0.4 is 0 Å². The number of ketones is 1. The summed E-state index contributed by atoms with van der Waals surface area (Å²) in [6.07, 6.45) is -1.78. The zero-order chi connectivity index (χ0) is 13.0. The summed E-state index contributed by atoms with van der Waals surface area (Å²) in [5.41, 5.74) is 0.127. The summed E-state index contributed by atoms with van der Waals surface area (Å²) in [6, 6.07) is 5.68. The van der Waals surface area contributed by atoms with Gasteiger partial charge in [0.2, 0.25) is 0 Å². The van der Waals surface area contributed by atoms with Crippen LogP contribution in [0.5, 0.6) is 0 Å². The Kier molecular flexibility index (Phi) is 4.23. The summed E-state index contributed by atoms with van der Waals surface area (Å²) in [6.45, 7) is 1.04. The Morgan fingerprint density at radius 2 is 1.76 bits per heavy atom. The highest BCUT2D eigenvalue weighted by atomic mass is 35.5. The molecule has 1 atom stereocenters. The number of carbonyl (C=O) groups excluding carboxylic acids is 2. The molecule has 1 rings (SSSR count). The molecule has 0 aliphatic rings. The minimum absolute atomic E-state index is 0.127. The van der Waals surface area contributed by atoms with Crippen LogP contribution >= 0.6 is 11.6 Å². The van der Waals surface area contributed by atoms with Crippen molar-refractivity contribution in [2.75, 3.05) is 0 Å². The van der Waals surface area contributed by atoms with Gasteiger partial charge in [-0.25, -0.2) is 9.59 Å². The summed E-state index contributed by atoms with van der Waals surface area (Å²) in [7, 11) is 0. The number of carboxylic acids is 1. The molecule has 5 nitrogen and oxygen atoms in total. The van der Waals surface area contributed by atoms with Crippen LogP contribution in [0.3, 0.4) is 0 Å². The van der Waals surface area contributed by atoms with Crippen LogP contribution in [0.2, 0.25) is 5.02 Å². The van der Waals surface area contributed by atoms with Gasteiger partial charge in [0, 0.05) is 5.02 Å². The van der Waals surface area contributed by atoms with Crippen LogP contribution in [0.25, 0.3) is 0 Å². The zero-order valence-electron chi connectivity index (χ0n) is 8.84. The monoisotopic (exact) mass is 256 g/mol. The van der Waals surface area contributed by atoms with E-state index in [1.54, 1.807) is 0 Å². The molecule has 1 aromatic carbocycles. The Balaban J connectivity index is 2.81. The molecule has 1 unspecified atom stereocenters. The van der Waals surface area contributed by atoms with Gasteiger partial charge >= 0.3 is 11.9 Å². The average molecular weight is 257 g/mol. The van der Waals surface area contributed by atoms with Gasteiger partial charge in [0.1, 0.15) is 0 Å². The maximum atomic E-state index is 11.5. The van der Waals surface area contributed by atoms with Crippen LogP contribution in [0.4, 0.5) is 0 Å². The van der Waals surface area contributed by atoms with Gasteiger partial charge in [-0.3, -0.25) is 4.79 Å². The lowest BCUT2D eigenvalue weighted by Crippen LogP contribution is -2.33. The minimum atomic E-state index is -1.78. The van der Waals surface area contributed by atoms with Gasteiger partial charge in [-0.05, 0) is 31.2 Å². The number of rotatable bonds is 4. The van der Waals surface area contributed by atoms with E-state index < -0.39 is 23.8 Å². The van der Waals surface area contributed by atoms with Gasteiger partial charge in [-0.1, -0.05) is 11.6 Å². The predicted octanol–water partition coefficient (Wildman–Crippen LogP) is 1.54. The third-order valence-corrected chi connectivity index (χ3v) is 2.15. The van der Waals surface area contributed by atoms with Gasteiger partial charge in [0.05, 0.1) is 5.56 Å². The van der Waals surface area contributed by atoms with E-state index in [0.29, 0.717) is 5.02 Å². The summed E-state index contributed by atoms with van der Waals surface area (Å²) >= 11 is 5.62. The molecule has 0 radical (unpaired) electrons. The molecule has 0 aromatic heterocycles. The molecule has 0 aliphatic carbocycles. The van der Waals surface area contributed by atoms with E-state index in [9.17, 15) is 14.4 Å². The second-order valence-electron chi connectivity index (χ2n) is 3.24. The fraction of sp³-hybridized carbons (Fsp3) is 0.182. The van der Waals surface area contributed by atoms with Crippen LogP contribution in [-0.2, 0) is 14.3 Å². The number of carboxylic acid groups (broad SMARTS) is 1. The third kappa shape index (κ3) is 3.57. The summed E-state index contributed by atoms with van der Waals surface area (Å²) in [5, 5.41) is 9.10. The number of ether oxygens (including phenoxy) is 1. The minimum Gasteiger partial charge on any atom is -0.478 e. The van der Waals surface area contributed by atoms with Crippen molar-refractivity contribution >= 4 is 29.3 Å². The van der Waals surface area contributed by atoms with Gasteiger partial charge < -0.3 is 9.84 Å². The number of carbonyl (C=O) groups is 3.